The number of esters is 1. The summed E-state index contributed by atoms with van der Waals surface area (Å²) < 4.78 is 4.49. The van der Waals surface area contributed by atoms with E-state index in [2.05, 4.69) is 11.7 Å². The van der Waals surface area contributed by atoms with Gasteiger partial charge in [0.15, 0.2) is 0 Å². The Labute approximate surface area is 86.5 Å². The molecule has 0 aromatic heterocycles. The molecule has 3 nitrogen and oxygen atoms in total. The predicted molar refractivity (Wildman–Crippen MR) is 56.0 cm³/mol. The molecule has 0 aliphatic rings. The molecule has 0 amide bonds. The Kier molecular flexibility index (Phi) is 8.64. The largest absolute Gasteiger partial charge is 0.469 e. The molecule has 0 rings (SSSR count). The summed E-state index contributed by atoms with van der Waals surface area (Å²) in [5, 5.41) is 9.49. The van der Waals surface area contributed by atoms with Gasteiger partial charge in [-0.05, 0) is 12.8 Å². The van der Waals surface area contributed by atoms with Gasteiger partial charge in [0.1, 0.15) is 0 Å². The normalized spacial score (nSPS) is 12.5. The number of hydrogen-bond donors (Lipinski definition) is 1. The zero-order valence-corrected chi connectivity index (χ0v) is 9.29. The van der Waals surface area contributed by atoms with E-state index in [1.807, 2.05) is 0 Å². The van der Waals surface area contributed by atoms with Gasteiger partial charge >= 0.3 is 5.97 Å². The van der Waals surface area contributed by atoms with E-state index in [4.69, 9.17) is 0 Å². The minimum atomic E-state index is -0.342. The van der Waals surface area contributed by atoms with Gasteiger partial charge in [-0.1, -0.05) is 32.6 Å². The maximum Gasteiger partial charge on any atom is 0.305 e. The molecule has 1 N–H and O–H groups in total. The smallest absolute Gasteiger partial charge is 0.305 e. The van der Waals surface area contributed by atoms with Crippen LogP contribution in [0.25, 0.3) is 0 Å². The number of carbonyl (C=O) groups excluding carboxylic acids is 1. The number of rotatable bonds is 8. The van der Waals surface area contributed by atoms with Crippen LogP contribution >= 0.6 is 0 Å². The van der Waals surface area contributed by atoms with Crippen LogP contribution in [-0.2, 0) is 9.53 Å². The van der Waals surface area contributed by atoms with Crippen LogP contribution in [0.5, 0.6) is 0 Å². The van der Waals surface area contributed by atoms with Crippen LogP contribution < -0.4 is 0 Å². The van der Waals surface area contributed by atoms with Gasteiger partial charge in [-0.15, -0.1) is 0 Å². The quantitative estimate of drug-likeness (QED) is 0.485. The Morgan fingerprint density at radius 3 is 2.57 bits per heavy atom. The third-order valence-electron chi connectivity index (χ3n) is 2.30. The lowest BCUT2D eigenvalue weighted by Gasteiger charge is -2.08. The zero-order chi connectivity index (χ0) is 10.8. The molecule has 0 heterocycles. The van der Waals surface area contributed by atoms with E-state index in [1.165, 1.54) is 26.4 Å². The maximum atomic E-state index is 10.8. The molecule has 0 aromatic rings. The number of aliphatic hydroxyl groups is 1. The van der Waals surface area contributed by atoms with Crippen molar-refractivity contribution in [1.82, 2.24) is 0 Å². The molecule has 1 unspecified atom stereocenters. The average molecular weight is 202 g/mol. The Morgan fingerprint density at radius 1 is 1.29 bits per heavy atom. The first-order chi connectivity index (χ1) is 6.70. The standard InChI is InChI=1S/C11H22O3/c1-3-4-5-6-7-10(12)8-9-11(13)14-2/h10,12H,3-9H2,1-2H3. The van der Waals surface area contributed by atoms with E-state index in [0.29, 0.717) is 12.8 Å². The second kappa shape index (κ2) is 9.00. The molecule has 0 aliphatic carbocycles. The fraction of sp³-hybridized carbons (Fsp3) is 0.909. The van der Waals surface area contributed by atoms with Gasteiger partial charge in [0.2, 0.25) is 0 Å². The fourth-order valence-electron chi connectivity index (χ4n) is 1.34. The average Bonchev–Trinajstić information content (AvgIpc) is 2.21. The highest BCUT2D eigenvalue weighted by Gasteiger charge is 2.07. The molecular weight excluding hydrogens is 180 g/mol. The van der Waals surface area contributed by atoms with E-state index >= 15 is 0 Å². The molecule has 0 aliphatic heterocycles. The highest BCUT2D eigenvalue weighted by atomic mass is 16.5. The van der Waals surface area contributed by atoms with Crippen molar-refractivity contribution in [2.75, 3.05) is 7.11 Å². The summed E-state index contributed by atoms with van der Waals surface area (Å²) in [6, 6.07) is 0. The van der Waals surface area contributed by atoms with Crippen LogP contribution in [0.15, 0.2) is 0 Å². The number of carbonyl (C=O) groups is 1. The molecule has 0 saturated carbocycles. The van der Waals surface area contributed by atoms with E-state index in [0.717, 1.165) is 12.8 Å². The van der Waals surface area contributed by atoms with E-state index in [-0.39, 0.29) is 12.1 Å². The molecule has 0 radical (unpaired) electrons. The first kappa shape index (κ1) is 13.4. The summed E-state index contributed by atoms with van der Waals surface area (Å²) in [4.78, 5) is 10.8. The first-order valence-corrected chi connectivity index (χ1v) is 5.45. The Morgan fingerprint density at radius 2 is 2.00 bits per heavy atom. The van der Waals surface area contributed by atoms with Crippen LogP contribution in [0.2, 0.25) is 0 Å². The van der Waals surface area contributed by atoms with Crippen molar-refractivity contribution in [3.8, 4) is 0 Å². The van der Waals surface area contributed by atoms with Gasteiger partial charge < -0.3 is 9.84 Å². The van der Waals surface area contributed by atoms with Gasteiger partial charge in [0, 0.05) is 6.42 Å². The van der Waals surface area contributed by atoms with Crippen molar-refractivity contribution in [3.05, 3.63) is 0 Å². The van der Waals surface area contributed by atoms with Crippen molar-refractivity contribution in [3.63, 3.8) is 0 Å². The molecule has 0 aromatic carbocycles. The monoisotopic (exact) mass is 202 g/mol. The van der Waals surface area contributed by atoms with Crippen LogP contribution in [-0.4, -0.2) is 24.3 Å². The summed E-state index contributed by atoms with van der Waals surface area (Å²) in [5.41, 5.74) is 0. The highest BCUT2D eigenvalue weighted by Crippen LogP contribution is 2.09. The second-order valence-electron chi connectivity index (χ2n) is 3.62. The number of ether oxygens (including phenoxy) is 1. The lowest BCUT2D eigenvalue weighted by molar-refractivity contribution is -0.141. The van der Waals surface area contributed by atoms with E-state index in [1.54, 1.807) is 0 Å². The molecule has 1 atom stereocenters. The minimum absolute atomic E-state index is 0.238. The molecular formula is C11H22O3. The first-order valence-electron chi connectivity index (χ1n) is 5.45. The number of aliphatic hydroxyl groups excluding tert-OH is 1. The van der Waals surface area contributed by atoms with E-state index in [9.17, 15) is 9.90 Å². The predicted octanol–water partition coefficient (Wildman–Crippen LogP) is 2.27. The van der Waals surface area contributed by atoms with Crippen molar-refractivity contribution in [2.45, 2.75) is 58.0 Å². The van der Waals surface area contributed by atoms with Gasteiger partial charge in [-0.3, -0.25) is 4.79 Å². The minimum Gasteiger partial charge on any atom is -0.469 e. The second-order valence-corrected chi connectivity index (χ2v) is 3.62. The number of hydrogen-bond acceptors (Lipinski definition) is 3. The van der Waals surface area contributed by atoms with Crippen molar-refractivity contribution < 1.29 is 14.6 Å². The highest BCUT2D eigenvalue weighted by molar-refractivity contribution is 5.69. The SMILES string of the molecule is CCCCCCC(O)CCC(=O)OC. The molecule has 14 heavy (non-hydrogen) atoms. The van der Waals surface area contributed by atoms with Crippen LogP contribution in [0.3, 0.4) is 0 Å². The summed E-state index contributed by atoms with van der Waals surface area (Å²) in [6.07, 6.45) is 5.97. The van der Waals surface area contributed by atoms with Gasteiger partial charge in [0.05, 0.1) is 13.2 Å². The van der Waals surface area contributed by atoms with Crippen LogP contribution in [0, 0.1) is 0 Å². The van der Waals surface area contributed by atoms with Gasteiger partial charge in [-0.2, -0.15) is 0 Å². The molecule has 84 valence electrons. The summed E-state index contributed by atoms with van der Waals surface area (Å²) >= 11 is 0. The molecule has 0 spiro atoms. The maximum absolute atomic E-state index is 10.8. The number of methoxy groups -OCH3 is 1. The molecule has 3 heteroatoms. The molecule has 0 bridgehead atoms. The third-order valence-corrected chi connectivity index (χ3v) is 2.30. The van der Waals surface area contributed by atoms with Gasteiger partial charge in [0.25, 0.3) is 0 Å². The fourth-order valence-corrected chi connectivity index (χ4v) is 1.34. The van der Waals surface area contributed by atoms with Crippen molar-refractivity contribution >= 4 is 5.97 Å². The topological polar surface area (TPSA) is 46.5 Å². The zero-order valence-electron chi connectivity index (χ0n) is 9.29. The lowest BCUT2D eigenvalue weighted by atomic mass is 10.1. The van der Waals surface area contributed by atoms with Gasteiger partial charge in [-0.25, -0.2) is 0 Å². The van der Waals surface area contributed by atoms with E-state index < -0.39 is 0 Å². The van der Waals surface area contributed by atoms with Crippen LogP contribution in [0.4, 0.5) is 0 Å². The third kappa shape index (κ3) is 8.05. The number of unbranched alkanes of at least 4 members (excludes halogenated alkanes) is 3. The molecule has 0 saturated heterocycles. The van der Waals surface area contributed by atoms with Crippen LogP contribution in [0.1, 0.15) is 51.9 Å². The summed E-state index contributed by atoms with van der Waals surface area (Å²) in [7, 11) is 1.37. The Balaban J connectivity index is 3.27. The Hall–Kier alpha value is -0.570. The summed E-state index contributed by atoms with van der Waals surface area (Å²) in [5.74, 6) is -0.238. The van der Waals surface area contributed by atoms with Crippen molar-refractivity contribution in [2.24, 2.45) is 0 Å². The van der Waals surface area contributed by atoms with Crippen molar-refractivity contribution in [1.29, 1.82) is 0 Å². The summed E-state index contributed by atoms with van der Waals surface area (Å²) in [6.45, 7) is 2.16. The molecule has 0 fully saturated rings. The lowest BCUT2D eigenvalue weighted by Crippen LogP contribution is -2.10. The Bertz CT molecular complexity index is 145.